The normalized spacial score (nSPS) is 20.4. The third-order valence-corrected chi connectivity index (χ3v) is 3.87. The van der Waals surface area contributed by atoms with Gasteiger partial charge in [-0.3, -0.25) is 4.79 Å². The molecule has 1 aliphatic carbocycles. The van der Waals surface area contributed by atoms with E-state index in [0.717, 1.165) is 6.42 Å². The average Bonchev–Trinajstić information content (AvgIpc) is 3.24. The lowest BCUT2D eigenvalue weighted by Crippen LogP contribution is -2.14. The van der Waals surface area contributed by atoms with E-state index in [-0.39, 0.29) is 22.6 Å². The van der Waals surface area contributed by atoms with Gasteiger partial charge in [-0.1, -0.05) is 41.9 Å². The van der Waals surface area contributed by atoms with Gasteiger partial charge in [0.05, 0.1) is 5.02 Å². The van der Waals surface area contributed by atoms with Gasteiger partial charge in [0.2, 0.25) is 5.91 Å². The molecule has 4 heteroatoms. The minimum atomic E-state index is 0.000564. The fourth-order valence-electron chi connectivity index (χ4n) is 2.37. The van der Waals surface area contributed by atoms with E-state index in [1.54, 1.807) is 12.1 Å². The maximum absolute atomic E-state index is 12.1. The molecule has 20 heavy (non-hydrogen) atoms. The van der Waals surface area contributed by atoms with Crippen LogP contribution in [-0.4, -0.2) is 11.0 Å². The molecule has 1 saturated carbocycles. The third-order valence-electron chi connectivity index (χ3n) is 3.57. The van der Waals surface area contributed by atoms with Crippen LogP contribution < -0.4 is 5.32 Å². The van der Waals surface area contributed by atoms with Gasteiger partial charge in [-0.25, -0.2) is 0 Å². The molecule has 1 aliphatic rings. The molecule has 2 atom stereocenters. The Bertz CT molecular complexity index is 642. The van der Waals surface area contributed by atoms with Gasteiger partial charge >= 0.3 is 0 Å². The summed E-state index contributed by atoms with van der Waals surface area (Å²) in [6, 6.07) is 14.7. The molecule has 102 valence electrons. The molecule has 2 unspecified atom stereocenters. The number of rotatable bonds is 3. The molecular weight excluding hydrogens is 274 g/mol. The lowest BCUT2D eigenvalue weighted by atomic mass is 10.1. The SMILES string of the molecule is O=C(Nc1ccc(O)c(Cl)c1)C1CC1c1ccccc1. The van der Waals surface area contributed by atoms with E-state index in [9.17, 15) is 9.90 Å². The van der Waals surface area contributed by atoms with E-state index in [0.29, 0.717) is 11.6 Å². The number of anilines is 1. The van der Waals surface area contributed by atoms with Crippen LogP contribution in [0, 0.1) is 5.92 Å². The standard InChI is InChI=1S/C16H14ClNO2/c17-14-8-11(6-7-15(14)19)18-16(20)13-9-12(13)10-4-2-1-3-5-10/h1-8,12-13,19H,9H2,(H,18,20). The summed E-state index contributed by atoms with van der Waals surface area (Å²) >= 11 is 5.82. The number of phenols is 1. The summed E-state index contributed by atoms with van der Waals surface area (Å²) in [7, 11) is 0. The van der Waals surface area contributed by atoms with Gasteiger partial charge in [0.15, 0.2) is 0 Å². The van der Waals surface area contributed by atoms with Gasteiger partial charge in [0.1, 0.15) is 5.75 Å². The zero-order valence-electron chi connectivity index (χ0n) is 10.7. The highest BCUT2D eigenvalue weighted by atomic mass is 35.5. The highest BCUT2D eigenvalue weighted by molar-refractivity contribution is 6.32. The molecule has 0 saturated heterocycles. The summed E-state index contributed by atoms with van der Waals surface area (Å²) in [5.41, 5.74) is 1.81. The Balaban J connectivity index is 1.65. The minimum absolute atomic E-state index is 0.000564. The van der Waals surface area contributed by atoms with Crippen molar-refractivity contribution < 1.29 is 9.90 Å². The Kier molecular flexibility index (Phi) is 3.36. The first-order valence-corrected chi connectivity index (χ1v) is 6.87. The van der Waals surface area contributed by atoms with Crippen LogP contribution in [0.3, 0.4) is 0 Å². The molecule has 2 aromatic carbocycles. The number of halogens is 1. The topological polar surface area (TPSA) is 49.3 Å². The molecule has 0 spiro atoms. The largest absolute Gasteiger partial charge is 0.506 e. The number of carbonyl (C=O) groups excluding carboxylic acids is 1. The number of hydrogen-bond donors (Lipinski definition) is 2. The second-order valence-corrected chi connectivity index (χ2v) is 5.42. The quantitative estimate of drug-likeness (QED) is 0.844. The number of benzene rings is 2. The molecule has 3 rings (SSSR count). The maximum Gasteiger partial charge on any atom is 0.228 e. The lowest BCUT2D eigenvalue weighted by Gasteiger charge is -2.06. The van der Waals surface area contributed by atoms with Crippen LogP contribution in [0.2, 0.25) is 5.02 Å². The average molecular weight is 288 g/mol. The number of amides is 1. The summed E-state index contributed by atoms with van der Waals surface area (Å²) < 4.78 is 0. The van der Waals surface area contributed by atoms with Crippen LogP contribution in [0.1, 0.15) is 17.9 Å². The van der Waals surface area contributed by atoms with E-state index in [4.69, 9.17) is 11.6 Å². The van der Waals surface area contributed by atoms with Crippen molar-refractivity contribution in [2.45, 2.75) is 12.3 Å². The number of aromatic hydroxyl groups is 1. The summed E-state index contributed by atoms with van der Waals surface area (Å²) in [4.78, 5) is 12.1. The van der Waals surface area contributed by atoms with Crippen LogP contribution in [0.4, 0.5) is 5.69 Å². The first-order chi connectivity index (χ1) is 9.65. The van der Waals surface area contributed by atoms with Crippen molar-refractivity contribution in [2.24, 2.45) is 5.92 Å². The predicted octanol–water partition coefficient (Wildman–Crippen LogP) is 3.79. The monoisotopic (exact) mass is 287 g/mol. The van der Waals surface area contributed by atoms with Crippen molar-refractivity contribution in [1.82, 2.24) is 0 Å². The molecule has 0 aliphatic heterocycles. The molecule has 2 aromatic rings. The Labute approximate surface area is 122 Å². The number of nitrogens with one attached hydrogen (secondary N) is 1. The summed E-state index contributed by atoms with van der Waals surface area (Å²) in [6.45, 7) is 0. The molecule has 0 bridgehead atoms. The van der Waals surface area contributed by atoms with Crippen LogP contribution in [0.5, 0.6) is 5.75 Å². The van der Waals surface area contributed by atoms with Crippen molar-refractivity contribution in [3.63, 3.8) is 0 Å². The molecule has 1 amide bonds. The smallest absolute Gasteiger partial charge is 0.228 e. The Morgan fingerprint density at radius 3 is 2.65 bits per heavy atom. The van der Waals surface area contributed by atoms with Crippen molar-refractivity contribution in [3.8, 4) is 5.75 Å². The first-order valence-electron chi connectivity index (χ1n) is 6.49. The Hall–Kier alpha value is -2.00. The number of hydrogen-bond acceptors (Lipinski definition) is 2. The molecular formula is C16H14ClNO2. The highest BCUT2D eigenvalue weighted by Crippen LogP contribution is 2.47. The summed E-state index contributed by atoms with van der Waals surface area (Å²) in [5, 5.41) is 12.4. The Morgan fingerprint density at radius 1 is 1.20 bits per heavy atom. The number of carbonyl (C=O) groups is 1. The third kappa shape index (κ3) is 2.63. The van der Waals surface area contributed by atoms with Crippen molar-refractivity contribution in [1.29, 1.82) is 0 Å². The fraction of sp³-hybridized carbons (Fsp3) is 0.188. The van der Waals surface area contributed by atoms with Gasteiger partial charge in [-0.15, -0.1) is 0 Å². The van der Waals surface area contributed by atoms with Crippen LogP contribution in [0.15, 0.2) is 48.5 Å². The van der Waals surface area contributed by atoms with E-state index < -0.39 is 0 Å². The van der Waals surface area contributed by atoms with Gasteiger partial charge in [-0.2, -0.15) is 0 Å². The summed E-state index contributed by atoms with van der Waals surface area (Å²) in [5.74, 6) is 0.340. The maximum atomic E-state index is 12.1. The van der Waals surface area contributed by atoms with Gasteiger partial charge in [-0.05, 0) is 36.1 Å². The van der Waals surface area contributed by atoms with Crippen LogP contribution in [-0.2, 0) is 4.79 Å². The number of phenolic OH excluding ortho intramolecular Hbond substituents is 1. The van der Waals surface area contributed by atoms with Crippen molar-refractivity contribution >= 4 is 23.2 Å². The van der Waals surface area contributed by atoms with E-state index in [2.05, 4.69) is 17.4 Å². The Morgan fingerprint density at radius 2 is 1.95 bits per heavy atom. The van der Waals surface area contributed by atoms with E-state index in [1.807, 2.05) is 18.2 Å². The molecule has 3 nitrogen and oxygen atoms in total. The van der Waals surface area contributed by atoms with Crippen LogP contribution in [0.25, 0.3) is 0 Å². The van der Waals surface area contributed by atoms with Crippen molar-refractivity contribution in [2.75, 3.05) is 5.32 Å². The first kappa shape index (κ1) is 13.0. The second kappa shape index (κ2) is 5.17. The lowest BCUT2D eigenvalue weighted by molar-refractivity contribution is -0.117. The molecule has 0 heterocycles. The summed E-state index contributed by atoms with van der Waals surface area (Å²) in [6.07, 6.45) is 0.877. The fourth-order valence-corrected chi connectivity index (χ4v) is 2.55. The van der Waals surface area contributed by atoms with Gasteiger partial charge < -0.3 is 10.4 Å². The van der Waals surface area contributed by atoms with Gasteiger partial charge in [0.25, 0.3) is 0 Å². The van der Waals surface area contributed by atoms with Crippen molar-refractivity contribution in [3.05, 3.63) is 59.1 Å². The molecule has 0 aromatic heterocycles. The van der Waals surface area contributed by atoms with Crippen LogP contribution >= 0.6 is 11.6 Å². The van der Waals surface area contributed by atoms with E-state index >= 15 is 0 Å². The predicted molar refractivity (Wildman–Crippen MR) is 79.0 cm³/mol. The molecule has 0 radical (unpaired) electrons. The highest BCUT2D eigenvalue weighted by Gasteiger charge is 2.43. The van der Waals surface area contributed by atoms with Gasteiger partial charge in [0, 0.05) is 11.6 Å². The molecule has 2 N–H and O–H groups in total. The second-order valence-electron chi connectivity index (χ2n) is 5.01. The zero-order valence-corrected chi connectivity index (χ0v) is 11.5. The van der Waals surface area contributed by atoms with E-state index in [1.165, 1.54) is 11.6 Å². The molecule has 1 fully saturated rings. The minimum Gasteiger partial charge on any atom is -0.506 e. The zero-order chi connectivity index (χ0) is 14.1.